The van der Waals surface area contributed by atoms with Crippen LogP contribution in [0.4, 0.5) is 0 Å². The Morgan fingerprint density at radius 3 is 2.65 bits per heavy atom. The van der Waals surface area contributed by atoms with E-state index in [1.807, 2.05) is 12.1 Å². The first kappa shape index (κ1) is 17.0. The van der Waals surface area contributed by atoms with E-state index < -0.39 is 21.8 Å². The molecular formula is C19H20N2O4S. The van der Waals surface area contributed by atoms with Crippen LogP contribution in [0.3, 0.4) is 0 Å². The Bertz CT molecular complexity index is 1010. The monoisotopic (exact) mass is 372 g/mol. The van der Waals surface area contributed by atoms with Crippen LogP contribution in [0.25, 0.3) is 10.9 Å². The van der Waals surface area contributed by atoms with E-state index in [0.717, 1.165) is 10.8 Å². The molecule has 1 fully saturated rings. The summed E-state index contributed by atoms with van der Waals surface area (Å²) in [6, 6.07) is 6.97. The summed E-state index contributed by atoms with van der Waals surface area (Å²) < 4.78 is 22.9. The number of carbonyl (C=O) groups is 1. The largest absolute Gasteiger partial charge is 0.493 e. The minimum absolute atomic E-state index is 0.0452. The fourth-order valence-electron chi connectivity index (χ4n) is 3.77. The van der Waals surface area contributed by atoms with Crippen LogP contribution in [0.15, 0.2) is 35.7 Å². The number of nitrogens with zero attached hydrogens (tertiary/aromatic N) is 1. The summed E-state index contributed by atoms with van der Waals surface area (Å²) in [5.41, 5.74) is 1.93. The highest BCUT2D eigenvalue weighted by Crippen LogP contribution is 2.35. The lowest BCUT2D eigenvalue weighted by Gasteiger charge is -2.13. The summed E-state index contributed by atoms with van der Waals surface area (Å²) in [7, 11) is -3.25. The van der Waals surface area contributed by atoms with Crippen LogP contribution in [0.1, 0.15) is 47.5 Å². The molecule has 26 heavy (non-hydrogen) atoms. The molecule has 0 spiro atoms. The van der Waals surface area contributed by atoms with Crippen LogP contribution in [0.2, 0.25) is 0 Å². The van der Waals surface area contributed by atoms with Gasteiger partial charge in [0.05, 0.1) is 17.3 Å². The molecule has 6 nitrogen and oxygen atoms in total. The van der Waals surface area contributed by atoms with Crippen LogP contribution in [0.5, 0.6) is 5.88 Å². The van der Waals surface area contributed by atoms with Crippen LogP contribution in [0, 0.1) is 0 Å². The average molecular weight is 372 g/mol. The first-order valence-corrected chi connectivity index (χ1v) is 10.5. The van der Waals surface area contributed by atoms with Crippen molar-refractivity contribution < 1.29 is 18.3 Å². The maximum Gasteiger partial charge on any atom is 0.257 e. The van der Waals surface area contributed by atoms with E-state index in [2.05, 4.69) is 16.4 Å². The van der Waals surface area contributed by atoms with E-state index >= 15 is 0 Å². The number of pyridine rings is 1. The second-order valence-corrected chi connectivity index (χ2v) is 8.96. The second-order valence-electron chi connectivity index (χ2n) is 7.03. The van der Waals surface area contributed by atoms with Gasteiger partial charge in [0.1, 0.15) is 5.56 Å². The van der Waals surface area contributed by atoms with Crippen LogP contribution < -0.4 is 5.32 Å². The molecule has 0 bridgehead atoms. The number of hydrogen-bond donors (Lipinski definition) is 2. The standard InChI is InChI=1S/C19H20N2O4S/c22-18(20-15-7-8-26(24,25)11-15)16-9-14-6-5-13(12-3-1-2-4-12)10-17(14)21-19(16)23/h5-10,12,15H,1-4,11H2,(H,20,22)(H,21,23). The molecule has 1 aromatic carbocycles. The SMILES string of the molecule is O=C(NC1C=CS(=O)(=O)C1)c1cc2ccc(C3CCCC3)cc2nc1O. The van der Waals surface area contributed by atoms with Crippen molar-refractivity contribution in [3.63, 3.8) is 0 Å². The quantitative estimate of drug-likeness (QED) is 0.863. The predicted molar refractivity (Wildman–Crippen MR) is 98.8 cm³/mol. The molecule has 1 aromatic heterocycles. The van der Waals surface area contributed by atoms with Gasteiger partial charge in [0.2, 0.25) is 5.88 Å². The zero-order valence-corrected chi connectivity index (χ0v) is 15.0. The molecule has 136 valence electrons. The van der Waals surface area contributed by atoms with Gasteiger partial charge in [-0.2, -0.15) is 0 Å². The predicted octanol–water partition coefficient (Wildman–Crippen LogP) is 2.64. The van der Waals surface area contributed by atoms with E-state index in [1.165, 1.54) is 37.3 Å². The van der Waals surface area contributed by atoms with E-state index in [-0.39, 0.29) is 17.2 Å². The number of hydrogen-bond acceptors (Lipinski definition) is 5. The number of aromatic hydroxyl groups is 1. The smallest absolute Gasteiger partial charge is 0.257 e. The number of aromatic nitrogens is 1. The molecule has 4 rings (SSSR count). The van der Waals surface area contributed by atoms with Gasteiger partial charge in [-0.05, 0) is 42.5 Å². The highest BCUT2D eigenvalue weighted by molar-refractivity contribution is 7.94. The van der Waals surface area contributed by atoms with Crippen molar-refractivity contribution in [2.75, 3.05) is 5.75 Å². The first-order valence-electron chi connectivity index (χ1n) is 8.77. The second kappa shape index (κ2) is 6.39. The molecule has 0 saturated heterocycles. The number of nitrogens with one attached hydrogen (secondary N) is 1. The maximum absolute atomic E-state index is 12.4. The van der Waals surface area contributed by atoms with Gasteiger partial charge in [0.25, 0.3) is 5.91 Å². The van der Waals surface area contributed by atoms with Gasteiger partial charge >= 0.3 is 0 Å². The number of rotatable bonds is 3. The molecule has 2 N–H and O–H groups in total. The Morgan fingerprint density at radius 1 is 1.19 bits per heavy atom. The highest BCUT2D eigenvalue weighted by atomic mass is 32.2. The van der Waals surface area contributed by atoms with Gasteiger partial charge in [-0.3, -0.25) is 4.79 Å². The average Bonchev–Trinajstić information content (AvgIpc) is 3.23. The van der Waals surface area contributed by atoms with Crippen LogP contribution in [-0.2, 0) is 9.84 Å². The van der Waals surface area contributed by atoms with Crippen LogP contribution >= 0.6 is 0 Å². The molecule has 1 aliphatic heterocycles. The van der Waals surface area contributed by atoms with Gasteiger partial charge in [0, 0.05) is 10.8 Å². The fraction of sp³-hybridized carbons (Fsp3) is 0.368. The van der Waals surface area contributed by atoms with E-state index in [4.69, 9.17) is 0 Å². The number of sulfone groups is 1. The number of carbonyl (C=O) groups excluding carboxylic acids is 1. The molecule has 2 heterocycles. The molecular weight excluding hydrogens is 352 g/mol. The van der Waals surface area contributed by atoms with Crippen molar-refractivity contribution in [3.8, 4) is 5.88 Å². The molecule has 1 unspecified atom stereocenters. The molecule has 1 aliphatic carbocycles. The van der Waals surface area contributed by atoms with E-state index in [9.17, 15) is 18.3 Å². The topological polar surface area (TPSA) is 96.4 Å². The van der Waals surface area contributed by atoms with Crippen molar-refractivity contribution >= 4 is 26.6 Å². The highest BCUT2D eigenvalue weighted by Gasteiger charge is 2.25. The molecule has 1 atom stereocenters. The Morgan fingerprint density at radius 2 is 1.96 bits per heavy atom. The van der Waals surface area contributed by atoms with Gasteiger partial charge in [-0.1, -0.05) is 25.0 Å². The molecule has 2 aliphatic rings. The molecule has 7 heteroatoms. The molecule has 2 aromatic rings. The zero-order chi connectivity index (χ0) is 18.3. The normalized spacial score (nSPS) is 22.1. The summed E-state index contributed by atoms with van der Waals surface area (Å²) in [4.78, 5) is 16.6. The van der Waals surface area contributed by atoms with Crippen molar-refractivity contribution in [2.24, 2.45) is 0 Å². The van der Waals surface area contributed by atoms with Gasteiger partial charge < -0.3 is 10.4 Å². The summed E-state index contributed by atoms with van der Waals surface area (Å²) >= 11 is 0. The molecule has 1 saturated carbocycles. The lowest BCUT2D eigenvalue weighted by molar-refractivity contribution is 0.0944. The number of amides is 1. The van der Waals surface area contributed by atoms with Gasteiger partial charge in [-0.15, -0.1) is 0 Å². The third kappa shape index (κ3) is 3.31. The third-order valence-electron chi connectivity index (χ3n) is 5.14. The molecule has 1 amide bonds. The van der Waals surface area contributed by atoms with Crippen molar-refractivity contribution in [1.82, 2.24) is 10.3 Å². The van der Waals surface area contributed by atoms with Gasteiger partial charge in [0.15, 0.2) is 9.84 Å². The van der Waals surface area contributed by atoms with Crippen molar-refractivity contribution in [2.45, 2.75) is 37.6 Å². The first-order chi connectivity index (χ1) is 12.4. The summed E-state index contributed by atoms with van der Waals surface area (Å²) in [5, 5.41) is 14.7. The minimum atomic E-state index is -3.25. The van der Waals surface area contributed by atoms with Crippen molar-refractivity contribution in [1.29, 1.82) is 0 Å². The fourth-order valence-corrected chi connectivity index (χ4v) is 5.00. The summed E-state index contributed by atoms with van der Waals surface area (Å²) in [6.45, 7) is 0. The Hall–Kier alpha value is -2.41. The lowest BCUT2D eigenvalue weighted by Crippen LogP contribution is -2.35. The summed E-state index contributed by atoms with van der Waals surface area (Å²) in [5.74, 6) is -0.500. The Labute approximate surface area is 151 Å². The van der Waals surface area contributed by atoms with Crippen molar-refractivity contribution in [3.05, 3.63) is 46.9 Å². The Kier molecular flexibility index (Phi) is 4.19. The number of benzene rings is 1. The van der Waals surface area contributed by atoms with Gasteiger partial charge in [-0.25, -0.2) is 13.4 Å². The minimum Gasteiger partial charge on any atom is -0.493 e. The lowest BCUT2D eigenvalue weighted by atomic mass is 9.96. The van der Waals surface area contributed by atoms with E-state index in [1.54, 1.807) is 6.07 Å². The third-order valence-corrected chi connectivity index (χ3v) is 6.53. The maximum atomic E-state index is 12.4. The zero-order valence-electron chi connectivity index (χ0n) is 14.2. The molecule has 0 radical (unpaired) electrons. The van der Waals surface area contributed by atoms with E-state index in [0.29, 0.717) is 11.4 Å². The van der Waals surface area contributed by atoms with Crippen LogP contribution in [-0.4, -0.2) is 36.2 Å². The number of fused-ring (bicyclic) bond motifs is 1. The Balaban J connectivity index is 1.59. The summed E-state index contributed by atoms with van der Waals surface area (Å²) in [6.07, 6.45) is 6.27.